The molecular formula is C2H7AlO4P2+2. The normalized spacial score (nSPS) is 6.78. The van der Waals surface area contributed by atoms with E-state index in [0.717, 1.165) is 0 Å². The molecule has 0 unspecified atom stereocenters. The van der Waals surface area contributed by atoms with Gasteiger partial charge in [0, 0.05) is 0 Å². The molecule has 2 N–H and O–H groups in total. The van der Waals surface area contributed by atoms with Crippen LogP contribution in [0.2, 0.25) is 5.28 Å². The van der Waals surface area contributed by atoms with Crippen LogP contribution in [0, 0.1) is 0 Å². The van der Waals surface area contributed by atoms with Crippen LogP contribution in [-0.2, 0) is 9.13 Å². The summed E-state index contributed by atoms with van der Waals surface area (Å²) in [6.07, 6.45) is 0. The fourth-order valence-corrected chi connectivity index (χ4v) is 0. The number of rotatable bonds is 0. The van der Waals surface area contributed by atoms with Gasteiger partial charge in [0.2, 0.25) is 0 Å². The van der Waals surface area contributed by atoms with Crippen molar-refractivity contribution in [3.05, 3.63) is 0 Å². The van der Waals surface area contributed by atoms with Crippen LogP contribution in [0.25, 0.3) is 0 Å². The maximum absolute atomic E-state index is 8.46. The standard InChI is InChI=1S/C2H5.Al.2HO2P/c1-2;;2*1-3-2/h1H2,2H3;;2*(H,1,2)/q;+2;;. The summed E-state index contributed by atoms with van der Waals surface area (Å²) in [5.74, 6) is 0. The Hall–Kier alpha value is 0.652. The van der Waals surface area contributed by atoms with Gasteiger partial charge in [0.1, 0.15) is 0 Å². The maximum Gasteiger partial charge on any atom is 0.324 e. The monoisotopic (exact) mass is 184 g/mol. The van der Waals surface area contributed by atoms with Crippen LogP contribution in [0.3, 0.4) is 0 Å². The Morgan fingerprint density at radius 3 is 1.33 bits per heavy atom. The first-order valence-corrected chi connectivity index (χ1v) is 4.23. The Morgan fingerprint density at radius 2 is 1.33 bits per heavy atom. The molecule has 9 heavy (non-hydrogen) atoms. The average molecular weight is 184 g/mol. The van der Waals surface area contributed by atoms with E-state index >= 15 is 0 Å². The van der Waals surface area contributed by atoms with E-state index < -0.39 is 17.4 Å². The third kappa shape index (κ3) is 899. The summed E-state index contributed by atoms with van der Waals surface area (Å²) in [5.41, 5.74) is 0. The van der Waals surface area contributed by atoms with Gasteiger partial charge in [-0.05, 0) is 0 Å². The molecule has 0 aromatic heterocycles. The molecule has 0 spiro atoms. The molecule has 0 fully saturated rings. The summed E-state index contributed by atoms with van der Waals surface area (Å²) >= 11 is 2.58. The predicted molar refractivity (Wildman–Crippen MR) is 35.9 cm³/mol. The molecular weight excluding hydrogens is 177 g/mol. The van der Waals surface area contributed by atoms with Crippen molar-refractivity contribution < 1.29 is 18.9 Å². The van der Waals surface area contributed by atoms with E-state index in [-0.39, 0.29) is 0 Å². The number of hydrogen-bond acceptors (Lipinski definition) is 2. The molecule has 0 aliphatic heterocycles. The Kier molecular flexibility index (Phi) is 68.9. The molecule has 0 saturated carbocycles. The summed E-state index contributed by atoms with van der Waals surface area (Å²) in [7, 11) is -1.67. The van der Waals surface area contributed by atoms with E-state index in [1.54, 1.807) is 0 Å². The van der Waals surface area contributed by atoms with Crippen molar-refractivity contribution in [1.82, 2.24) is 0 Å². The first-order valence-electron chi connectivity index (χ1n) is 1.88. The molecule has 0 atom stereocenters. The van der Waals surface area contributed by atoms with E-state index in [1.807, 2.05) is 0 Å². The largest absolute Gasteiger partial charge is 0.324 e. The fraction of sp³-hybridized carbons (Fsp3) is 1.00. The number of hydrogen-bond donors (Lipinski definition) is 2. The molecule has 0 rings (SSSR count). The Labute approximate surface area is 65.3 Å². The van der Waals surface area contributed by atoms with Crippen molar-refractivity contribution >= 4 is 33.7 Å². The van der Waals surface area contributed by atoms with E-state index in [0.29, 0.717) is 0 Å². The Bertz CT molecular complexity index is 45.8. The van der Waals surface area contributed by atoms with E-state index in [2.05, 4.69) is 23.2 Å². The van der Waals surface area contributed by atoms with Gasteiger partial charge in [-0.15, -0.1) is 0 Å². The molecule has 7 heteroatoms. The van der Waals surface area contributed by atoms with Gasteiger partial charge < -0.3 is 9.79 Å². The van der Waals surface area contributed by atoms with Crippen molar-refractivity contribution in [3.63, 3.8) is 0 Å². The third-order valence-electron chi connectivity index (χ3n) is 0. The second kappa shape index (κ2) is 38.0. The molecule has 0 heterocycles. The first kappa shape index (κ1) is 16.3. The smallest absolute Gasteiger partial charge is 0.310 e. The van der Waals surface area contributed by atoms with Crippen molar-refractivity contribution in [2.24, 2.45) is 0 Å². The quantitative estimate of drug-likeness (QED) is 0.434. The minimum absolute atomic E-state index is 0.833. The summed E-state index contributed by atoms with van der Waals surface area (Å²) in [4.78, 5) is 14.0. The Morgan fingerprint density at radius 1 is 1.33 bits per heavy atom. The van der Waals surface area contributed by atoms with Crippen LogP contribution in [0.15, 0.2) is 0 Å². The molecule has 0 saturated heterocycles. The van der Waals surface area contributed by atoms with Gasteiger partial charge in [-0.3, -0.25) is 0 Å². The molecule has 4 nitrogen and oxygen atoms in total. The molecule has 0 aliphatic rings. The van der Waals surface area contributed by atoms with E-state index in [1.165, 1.54) is 5.28 Å². The third-order valence-corrected chi connectivity index (χ3v) is 0. The van der Waals surface area contributed by atoms with Crippen LogP contribution in [0.1, 0.15) is 6.92 Å². The van der Waals surface area contributed by atoms with Crippen LogP contribution in [0.4, 0.5) is 0 Å². The second-order valence-electron chi connectivity index (χ2n) is 0.572. The minimum Gasteiger partial charge on any atom is -0.310 e. The molecule has 0 aromatic rings. The molecule has 0 amide bonds. The Balaban J connectivity index is -0.0000000600. The van der Waals surface area contributed by atoms with Gasteiger partial charge >= 0.3 is 45.9 Å². The average Bonchev–Trinajstić information content (AvgIpc) is 1.70. The van der Waals surface area contributed by atoms with Crippen LogP contribution < -0.4 is 0 Å². The minimum atomic E-state index is -0.833. The van der Waals surface area contributed by atoms with Gasteiger partial charge in [-0.1, -0.05) is 0 Å². The molecule has 0 bridgehead atoms. The summed E-state index contributed by atoms with van der Waals surface area (Å²) in [6, 6.07) is 0. The van der Waals surface area contributed by atoms with E-state index in [4.69, 9.17) is 18.9 Å². The zero-order chi connectivity index (χ0) is 8.12. The second-order valence-corrected chi connectivity index (χ2v) is 1.71. The van der Waals surface area contributed by atoms with E-state index in [9.17, 15) is 0 Å². The summed E-state index contributed by atoms with van der Waals surface area (Å²) in [5, 5.41) is 1.17. The van der Waals surface area contributed by atoms with Crippen molar-refractivity contribution in [1.29, 1.82) is 0 Å². The molecule has 0 radical (unpaired) electrons. The van der Waals surface area contributed by atoms with Crippen LogP contribution in [-0.4, -0.2) is 26.1 Å². The zero-order valence-electron chi connectivity index (χ0n) is 4.89. The first-order chi connectivity index (χ1) is 4.24. The van der Waals surface area contributed by atoms with Gasteiger partial charge in [0.05, 0.1) is 0 Å². The predicted octanol–water partition coefficient (Wildman–Crippen LogP) is 0.964. The molecule has 50 valence electrons. The topological polar surface area (TPSA) is 74.6 Å². The van der Waals surface area contributed by atoms with Gasteiger partial charge in [-0.2, -0.15) is 0 Å². The van der Waals surface area contributed by atoms with Gasteiger partial charge in [0.25, 0.3) is 0 Å². The SMILES string of the molecule is C[CH2][Al+2].O=PO.O=PO. The van der Waals surface area contributed by atoms with Crippen molar-refractivity contribution in [2.45, 2.75) is 12.2 Å². The fourth-order valence-electron chi connectivity index (χ4n) is 0. The summed E-state index contributed by atoms with van der Waals surface area (Å²) in [6.45, 7) is 2.09. The van der Waals surface area contributed by atoms with Gasteiger partial charge in [0.15, 0.2) is 0 Å². The van der Waals surface area contributed by atoms with Crippen molar-refractivity contribution in [2.75, 3.05) is 0 Å². The molecule has 0 aromatic carbocycles. The van der Waals surface area contributed by atoms with Crippen LogP contribution in [0.5, 0.6) is 0 Å². The maximum atomic E-state index is 8.46. The van der Waals surface area contributed by atoms with Crippen molar-refractivity contribution in [3.8, 4) is 0 Å². The zero-order valence-corrected chi connectivity index (χ0v) is 7.83. The molecule has 0 aliphatic carbocycles. The summed E-state index contributed by atoms with van der Waals surface area (Å²) < 4.78 is 16.9. The van der Waals surface area contributed by atoms with Gasteiger partial charge in [-0.25, -0.2) is 9.13 Å². The van der Waals surface area contributed by atoms with Crippen LogP contribution >= 0.6 is 17.4 Å².